The number of hydrogen-bond donors (Lipinski definition) is 3. The second kappa shape index (κ2) is 10.4. The average molecular weight is 423 g/mol. The number of nitrogens with one attached hydrogen (secondary N) is 1. The first-order chi connectivity index (χ1) is 15.2. The minimum atomic E-state index is -0.866. The lowest BCUT2D eigenvalue weighted by Gasteiger charge is -2.43. The zero-order chi connectivity index (χ0) is 21.6. The lowest BCUT2D eigenvalue weighted by Crippen LogP contribution is -2.49. The van der Waals surface area contributed by atoms with Crippen molar-refractivity contribution in [2.75, 3.05) is 19.7 Å². The average Bonchev–Trinajstić information content (AvgIpc) is 2.84. The molecule has 2 aliphatic rings. The van der Waals surface area contributed by atoms with Gasteiger partial charge in [0.2, 0.25) is 5.91 Å². The molecule has 0 radical (unpaired) electrons. The Bertz CT molecular complexity index is 851. The number of amides is 1. The number of hydrogen-bond acceptors (Lipinski definition) is 4. The number of carbonyl (C=O) groups is 1. The SMILES string of the molecule is O=C(CN[C@H](CO)[C@H](O)c1ccccc1)N1CCc2ccccc2C1C1CCCCC1. The van der Waals surface area contributed by atoms with Gasteiger partial charge < -0.3 is 20.4 Å². The molecule has 4 rings (SSSR count). The Labute approximate surface area is 185 Å². The van der Waals surface area contributed by atoms with Gasteiger partial charge >= 0.3 is 0 Å². The lowest BCUT2D eigenvalue weighted by molar-refractivity contribution is -0.135. The highest BCUT2D eigenvalue weighted by molar-refractivity contribution is 5.79. The lowest BCUT2D eigenvalue weighted by atomic mass is 9.77. The summed E-state index contributed by atoms with van der Waals surface area (Å²) in [5, 5.41) is 23.6. The Balaban J connectivity index is 1.47. The fourth-order valence-corrected chi connectivity index (χ4v) is 5.31. The van der Waals surface area contributed by atoms with Gasteiger partial charge in [0.05, 0.1) is 31.3 Å². The number of aliphatic hydroxyl groups is 2. The molecular formula is C26H34N2O3. The molecule has 5 nitrogen and oxygen atoms in total. The van der Waals surface area contributed by atoms with E-state index in [0.717, 1.165) is 18.5 Å². The third-order valence-corrected chi connectivity index (χ3v) is 6.98. The Hall–Kier alpha value is -2.21. The van der Waals surface area contributed by atoms with E-state index in [1.165, 1.54) is 43.2 Å². The van der Waals surface area contributed by atoms with E-state index in [2.05, 4.69) is 34.5 Å². The van der Waals surface area contributed by atoms with Crippen LogP contribution in [0, 0.1) is 5.92 Å². The monoisotopic (exact) mass is 422 g/mol. The summed E-state index contributed by atoms with van der Waals surface area (Å²) in [6.07, 6.45) is 6.11. The van der Waals surface area contributed by atoms with Gasteiger partial charge in [-0.3, -0.25) is 4.79 Å². The molecular weight excluding hydrogens is 388 g/mol. The van der Waals surface area contributed by atoms with Gasteiger partial charge in [0.15, 0.2) is 0 Å². The molecule has 5 heteroatoms. The molecule has 1 aliphatic carbocycles. The van der Waals surface area contributed by atoms with Gasteiger partial charge in [-0.25, -0.2) is 0 Å². The van der Waals surface area contributed by atoms with E-state index < -0.39 is 12.1 Å². The van der Waals surface area contributed by atoms with Crippen LogP contribution in [0.3, 0.4) is 0 Å². The standard InChI is InChI=1S/C26H34N2O3/c29-18-23(26(31)21-12-5-2-6-13-21)27-17-24(30)28-16-15-19-9-7-8-14-22(19)25(28)20-10-3-1-4-11-20/h2,5-9,12-14,20,23,25-27,29,31H,1,3-4,10-11,15-18H2/t23-,25?,26-/m1/s1. The highest BCUT2D eigenvalue weighted by atomic mass is 16.3. The van der Waals surface area contributed by atoms with Crippen LogP contribution in [0.2, 0.25) is 0 Å². The van der Waals surface area contributed by atoms with Crippen molar-refractivity contribution in [1.82, 2.24) is 10.2 Å². The Morgan fingerprint density at radius 2 is 1.74 bits per heavy atom. The molecule has 1 fully saturated rings. The van der Waals surface area contributed by atoms with Crippen molar-refractivity contribution in [2.24, 2.45) is 5.92 Å². The van der Waals surface area contributed by atoms with Gasteiger partial charge in [0, 0.05) is 6.54 Å². The van der Waals surface area contributed by atoms with E-state index in [9.17, 15) is 15.0 Å². The predicted molar refractivity (Wildman–Crippen MR) is 121 cm³/mol. The van der Waals surface area contributed by atoms with Crippen LogP contribution in [-0.2, 0) is 11.2 Å². The molecule has 1 amide bonds. The van der Waals surface area contributed by atoms with Crippen LogP contribution in [0.25, 0.3) is 0 Å². The fourth-order valence-electron chi connectivity index (χ4n) is 5.31. The molecule has 1 heterocycles. The second-order valence-electron chi connectivity index (χ2n) is 8.90. The van der Waals surface area contributed by atoms with Crippen molar-refractivity contribution >= 4 is 5.91 Å². The summed E-state index contributed by atoms with van der Waals surface area (Å²) in [4.78, 5) is 15.4. The highest BCUT2D eigenvalue weighted by Gasteiger charge is 2.36. The van der Waals surface area contributed by atoms with Crippen molar-refractivity contribution < 1.29 is 15.0 Å². The molecule has 1 aliphatic heterocycles. The van der Waals surface area contributed by atoms with E-state index >= 15 is 0 Å². The normalized spacial score (nSPS) is 21.4. The molecule has 166 valence electrons. The first-order valence-electron chi connectivity index (χ1n) is 11.6. The van der Waals surface area contributed by atoms with Crippen LogP contribution in [-0.4, -0.2) is 46.8 Å². The smallest absolute Gasteiger partial charge is 0.237 e. The molecule has 2 aromatic rings. The van der Waals surface area contributed by atoms with E-state index in [-0.39, 0.29) is 25.1 Å². The van der Waals surface area contributed by atoms with Gasteiger partial charge in [-0.1, -0.05) is 73.9 Å². The van der Waals surface area contributed by atoms with E-state index in [1.54, 1.807) is 0 Å². The van der Waals surface area contributed by atoms with Crippen molar-refractivity contribution in [2.45, 2.75) is 56.7 Å². The number of rotatable bonds is 7. The van der Waals surface area contributed by atoms with Gasteiger partial charge in [0.1, 0.15) is 0 Å². The molecule has 0 aromatic heterocycles. The zero-order valence-corrected chi connectivity index (χ0v) is 18.1. The van der Waals surface area contributed by atoms with Gasteiger partial charge in [-0.15, -0.1) is 0 Å². The Kier molecular flexibility index (Phi) is 7.38. The Morgan fingerprint density at radius 3 is 2.48 bits per heavy atom. The largest absolute Gasteiger partial charge is 0.395 e. The van der Waals surface area contributed by atoms with E-state index in [4.69, 9.17) is 0 Å². The zero-order valence-electron chi connectivity index (χ0n) is 18.1. The Morgan fingerprint density at radius 1 is 1.03 bits per heavy atom. The van der Waals surface area contributed by atoms with Crippen molar-refractivity contribution in [3.05, 3.63) is 71.3 Å². The van der Waals surface area contributed by atoms with Gasteiger partial charge in [-0.2, -0.15) is 0 Å². The minimum Gasteiger partial charge on any atom is -0.395 e. The summed E-state index contributed by atoms with van der Waals surface area (Å²) in [5.74, 6) is 0.548. The van der Waals surface area contributed by atoms with Crippen LogP contribution >= 0.6 is 0 Å². The number of benzene rings is 2. The van der Waals surface area contributed by atoms with Crippen LogP contribution in [0.4, 0.5) is 0 Å². The third-order valence-electron chi connectivity index (χ3n) is 6.98. The molecule has 3 atom stereocenters. The quantitative estimate of drug-likeness (QED) is 0.640. The van der Waals surface area contributed by atoms with Crippen molar-refractivity contribution in [3.63, 3.8) is 0 Å². The topological polar surface area (TPSA) is 72.8 Å². The van der Waals surface area contributed by atoms with Crippen LogP contribution in [0.5, 0.6) is 0 Å². The summed E-state index contributed by atoms with van der Waals surface area (Å²) < 4.78 is 0. The molecule has 1 unspecified atom stereocenters. The summed E-state index contributed by atoms with van der Waals surface area (Å²) in [7, 11) is 0. The molecule has 2 aromatic carbocycles. The number of carbonyl (C=O) groups excluding carboxylic acids is 1. The highest BCUT2D eigenvalue weighted by Crippen LogP contribution is 2.41. The van der Waals surface area contributed by atoms with E-state index in [0.29, 0.717) is 5.92 Å². The first kappa shape index (κ1) is 22.0. The van der Waals surface area contributed by atoms with Crippen molar-refractivity contribution in [1.29, 1.82) is 0 Å². The molecule has 0 bridgehead atoms. The number of fused-ring (bicyclic) bond motifs is 1. The van der Waals surface area contributed by atoms with Crippen LogP contribution < -0.4 is 5.32 Å². The maximum atomic E-state index is 13.3. The maximum Gasteiger partial charge on any atom is 0.237 e. The van der Waals surface area contributed by atoms with E-state index in [1.807, 2.05) is 30.3 Å². The summed E-state index contributed by atoms with van der Waals surface area (Å²) >= 11 is 0. The third kappa shape index (κ3) is 5.00. The fraction of sp³-hybridized carbons (Fsp3) is 0.500. The molecule has 0 saturated heterocycles. The van der Waals surface area contributed by atoms with Gasteiger partial charge in [0.25, 0.3) is 0 Å². The molecule has 0 spiro atoms. The number of aliphatic hydroxyl groups excluding tert-OH is 2. The summed E-state index contributed by atoms with van der Waals surface area (Å²) in [5.41, 5.74) is 3.40. The number of nitrogens with zero attached hydrogens (tertiary/aromatic N) is 1. The van der Waals surface area contributed by atoms with Crippen LogP contribution in [0.1, 0.15) is 60.9 Å². The first-order valence-corrected chi connectivity index (χ1v) is 11.6. The summed E-state index contributed by atoms with van der Waals surface area (Å²) in [6, 6.07) is 17.4. The van der Waals surface area contributed by atoms with Gasteiger partial charge in [-0.05, 0) is 41.9 Å². The molecule has 1 saturated carbocycles. The maximum absolute atomic E-state index is 13.3. The predicted octanol–water partition coefficient (Wildman–Crippen LogP) is 3.38. The minimum absolute atomic E-state index is 0.0452. The molecule has 31 heavy (non-hydrogen) atoms. The van der Waals surface area contributed by atoms with Crippen molar-refractivity contribution in [3.8, 4) is 0 Å². The van der Waals surface area contributed by atoms with Crippen LogP contribution in [0.15, 0.2) is 54.6 Å². The molecule has 3 N–H and O–H groups in total. The summed E-state index contributed by atoms with van der Waals surface area (Å²) in [6.45, 7) is 0.600. The second-order valence-corrected chi connectivity index (χ2v) is 8.90.